The van der Waals surface area contributed by atoms with Crippen LogP contribution in [0.3, 0.4) is 0 Å². The van der Waals surface area contributed by atoms with Crippen LogP contribution in [-0.4, -0.2) is 73.7 Å². The van der Waals surface area contributed by atoms with Gasteiger partial charge >= 0.3 is 6.18 Å². The largest absolute Gasteiger partial charge is 0.416 e. The van der Waals surface area contributed by atoms with Crippen molar-refractivity contribution in [2.24, 2.45) is 0 Å². The summed E-state index contributed by atoms with van der Waals surface area (Å²) < 4.78 is 45.0. The lowest BCUT2D eigenvalue weighted by Crippen LogP contribution is -2.71. The lowest BCUT2D eigenvalue weighted by Gasteiger charge is -2.44. The molecule has 3 saturated heterocycles. The molecule has 8 nitrogen and oxygen atoms in total. The van der Waals surface area contributed by atoms with Crippen molar-refractivity contribution in [1.82, 2.24) is 31.2 Å². The Morgan fingerprint density at radius 2 is 2.06 bits per heavy atom. The number of nitrogens with one attached hydrogen (secondary N) is 4. The van der Waals surface area contributed by atoms with Gasteiger partial charge in [0.25, 0.3) is 0 Å². The van der Waals surface area contributed by atoms with Crippen molar-refractivity contribution in [1.29, 1.82) is 0 Å². The highest BCUT2D eigenvalue weighted by atomic mass is 32.1. The van der Waals surface area contributed by atoms with E-state index in [-0.39, 0.29) is 24.4 Å². The van der Waals surface area contributed by atoms with E-state index in [2.05, 4.69) is 31.2 Å². The number of thiazole rings is 1. The van der Waals surface area contributed by atoms with Crippen molar-refractivity contribution < 1.29 is 22.7 Å². The molecule has 35 heavy (non-hydrogen) atoms. The quantitative estimate of drug-likeness (QED) is 0.489. The molecular formula is C23H29F3N6O2S. The first-order chi connectivity index (χ1) is 16.9. The lowest BCUT2D eigenvalue weighted by molar-refractivity contribution is -0.137. The molecule has 1 aromatic heterocycles. The maximum atomic E-state index is 13.4. The molecule has 0 aliphatic carbocycles. The van der Waals surface area contributed by atoms with Crippen LogP contribution in [0.4, 0.5) is 13.2 Å². The van der Waals surface area contributed by atoms with Gasteiger partial charge in [-0.25, -0.2) is 4.98 Å². The van der Waals surface area contributed by atoms with Crippen LogP contribution in [0.2, 0.25) is 0 Å². The van der Waals surface area contributed by atoms with Crippen molar-refractivity contribution in [2.45, 2.75) is 43.4 Å². The summed E-state index contributed by atoms with van der Waals surface area (Å²) in [5.74, 6) is -0.773. The van der Waals surface area contributed by atoms with Crippen LogP contribution in [0.1, 0.15) is 29.3 Å². The van der Waals surface area contributed by atoms with Crippen LogP contribution in [0.5, 0.6) is 0 Å². The van der Waals surface area contributed by atoms with Crippen molar-refractivity contribution >= 4 is 17.2 Å². The van der Waals surface area contributed by atoms with Gasteiger partial charge in [-0.3, -0.25) is 20.3 Å². The number of carbonyl (C=O) groups excluding carboxylic acids is 1. The molecule has 3 unspecified atom stereocenters. The standard InChI is InChI=1S/C23H29F3N6O2S/c24-23(25,26)15-4-1-3-14(11-15)17-13-35-21(29-17)18-19(28-16-5-2-6-27-12-16)30-22(31-20(18)33)32-7-9-34-10-8-32/h1,3-4,11,13,16,18-19,22,27-28,30H,2,5-10,12H2,(H,31,33)/t16-,18?,19?,22?/m1/s1. The number of aromatic nitrogens is 1. The van der Waals surface area contributed by atoms with Gasteiger partial charge in [0.05, 0.1) is 30.6 Å². The Kier molecular flexibility index (Phi) is 7.37. The molecule has 0 saturated carbocycles. The maximum absolute atomic E-state index is 13.4. The molecule has 5 rings (SSSR count). The molecule has 0 bridgehead atoms. The fraction of sp³-hybridized carbons (Fsp3) is 0.565. The van der Waals surface area contributed by atoms with E-state index < -0.39 is 17.7 Å². The van der Waals surface area contributed by atoms with Crippen LogP contribution in [0.15, 0.2) is 29.6 Å². The van der Waals surface area contributed by atoms with Gasteiger partial charge in [0.1, 0.15) is 17.2 Å². The SMILES string of the molecule is O=C1NC(N2CCOCC2)NC(N[C@@H]2CCCNC2)C1c1nc(-c2cccc(C(F)(F)F)c2)cs1. The number of hydrogen-bond acceptors (Lipinski definition) is 8. The summed E-state index contributed by atoms with van der Waals surface area (Å²) >= 11 is 1.29. The summed E-state index contributed by atoms with van der Waals surface area (Å²) in [7, 11) is 0. The first-order valence-corrected chi connectivity index (χ1v) is 12.7. The molecular weight excluding hydrogens is 481 g/mol. The highest BCUT2D eigenvalue weighted by Gasteiger charge is 2.42. The highest BCUT2D eigenvalue weighted by Crippen LogP contribution is 2.34. The lowest BCUT2D eigenvalue weighted by atomic mass is 10.00. The van der Waals surface area contributed by atoms with Crippen LogP contribution < -0.4 is 21.3 Å². The smallest absolute Gasteiger partial charge is 0.379 e. The highest BCUT2D eigenvalue weighted by molar-refractivity contribution is 7.10. The fourth-order valence-electron chi connectivity index (χ4n) is 4.78. The molecule has 3 aliphatic heterocycles. The van der Waals surface area contributed by atoms with E-state index in [9.17, 15) is 18.0 Å². The van der Waals surface area contributed by atoms with Crippen LogP contribution in [-0.2, 0) is 15.7 Å². The zero-order valence-corrected chi connectivity index (χ0v) is 19.9. The van der Waals surface area contributed by atoms with E-state index in [1.165, 1.54) is 17.4 Å². The Bertz CT molecular complexity index is 1020. The van der Waals surface area contributed by atoms with Gasteiger partial charge in [0.2, 0.25) is 5.91 Å². The normalized spacial score (nSPS) is 28.6. The number of morpholine rings is 1. The van der Waals surface area contributed by atoms with Crippen LogP contribution in [0.25, 0.3) is 11.3 Å². The van der Waals surface area contributed by atoms with E-state index in [0.717, 1.165) is 38.1 Å². The number of nitrogens with zero attached hydrogens (tertiary/aromatic N) is 2. The number of amides is 1. The van der Waals surface area contributed by atoms with Gasteiger partial charge in [-0.15, -0.1) is 11.3 Å². The van der Waals surface area contributed by atoms with Gasteiger partial charge < -0.3 is 15.4 Å². The van der Waals surface area contributed by atoms with Crippen molar-refractivity contribution in [3.63, 3.8) is 0 Å². The molecule has 190 valence electrons. The Morgan fingerprint density at radius 3 is 2.80 bits per heavy atom. The number of benzene rings is 1. The minimum Gasteiger partial charge on any atom is -0.379 e. The summed E-state index contributed by atoms with van der Waals surface area (Å²) in [5, 5.41) is 15.9. The monoisotopic (exact) mass is 510 g/mol. The second-order valence-corrected chi connectivity index (χ2v) is 9.93. The van der Waals surface area contributed by atoms with Crippen LogP contribution in [0, 0.1) is 0 Å². The zero-order valence-electron chi connectivity index (χ0n) is 19.1. The predicted octanol–water partition coefficient (Wildman–Crippen LogP) is 1.92. The molecule has 4 heterocycles. The van der Waals surface area contributed by atoms with Crippen molar-refractivity contribution in [3.05, 3.63) is 40.2 Å². The number of carbonyl (C=O) groups is 1. The number of hydrogen-bond donors (Lipinski definition) is 4. The summed E-state index contributed by atoms with van der Waals surface area (Å²) in [5.41, 5.74) is 0.0790. The predicted molar refractivity (Wildman–Crippen MR) is 126 cm³/mol. The van der Waals surface area contributed by atoms with E-state index >= 15 is 0 Å². The number of halogens is 3. The van der Waals surface area contributed by atoms with Crippen LogP contribution >= 0.6 is 11.3 Å². The third kappa shape index (κ3) is 5.68. The van der Waals surface area contributed by atoms with Crippen molar-refractivity contribution in [3.8, 4) is 11.3 Å². The first-order valence-electron chi connectivity index (χ1n) is 11.9. The second kappa shape index (κ2) is 10.5. The Morgan fingerprint density at radius 1 is 1.23 bits per heavy atom. The average Bonchev–Trinajstić information content (AvgIpc) is 3.34. The van der Waals surface area contributed by atoms with Gasteiger partial charge in [0.15, 0.2) is 0 Å². The molecule has 4 N–H and O–H groups in total. The van der Waals surface area contributed by atoms with Gasteiger partial charge in [-0.2, -0.15) is 13.2 Å². The van der Waals surface area contributed by atoms with E-state index in [0.29, 0.717) is 42.6 Å². The minimum absolute atomic E-state index is 0.161. The first kappa shape index (κ1) is 24.6. The molecule has 1 aromatic carbocycles. The maximum Gasteiger partial charge on any atom is 0.416 e. The molecule has 4 atom stereocenters. The zero-order chi connectivity index (χ0) is 24.4. The molecule has 3 aliphatic rings. The number of alkyl halides is 3. The van der Waals surface area contributed by atoms with Gasteiger partial charge in [-0.05, 0) is 31.5 Å². The average molecular weight is 511 g/mol. The summed E-state index contributed by atoms with van der Waals surface area (Å²) in [6.45, 7) is 4.41. The van der Waals surface area contributed by atoms with E-state index in [1.807, 2.05) is 0 Å². The molecule has 0 spiro atoms. The fourth-order valence-corrected chi connectivity index (χ4v) is 5.74. The molecule has 1 amide bonds. The third-order valence-corrected chi connectivity index (χ3v) is 7.56. The summed E-state index contributed by atoms with van der Waals surface area (Å²) in [6, 6.07) is 5.31. The summed E-state index contributed by atoms with van der Waals surface area (Å²) in [6.07, 6.45) is -3.10. The molecule has 3 fully saturated rings. The molecule has 2 aromatic rings. The van der Waals surface area contributed by atoms with E-state index in [4.69, 9.17) is 4.74 Å². The second-order valence-electron chi connectivity index (χ2n) is 9.04. The van der Waals surface area contributed by atoms with E-state index in [1.54, 1.807) is 11.4 Å². The summed E-state index contributed by atoms with van der Waals surface area (Å²) in [4.78, 5) is 20.1. The molecule has 0 radical (unpaired) electrons. The number of ether oxygens (including phenoxy) is 1. The minimum atomic E-state index is -4.43. The van der Waals surface area contributed by atoms with Crippen molar-refractivity contribution in [2.75, 3.05) is 39.4 Å². The Hall–Kier alpha value is -2.09. The topological polar surface area (TPSA) is 90.6 Å². The number of piperidine rings is 1. The number of rotatable bonds is 5. The Labute approximate surface area is 205 Å². The molecule has 12 heteroatoms. The van der Waals surface area contributed by atoms with Gasteiger partial charge in [-0.1, -0.05) is 12.1 Å². The third-order valence-electron chi connectivity index (χ3n) is 6.63. The van der Waals surface area contributed by atoms with Gasteiger partial charge in [0, 0.05) is 36.6 Å². The Balaban J connectivity index is 1.39.